The van der Waals surface area contributed by atoms with Crippen LogP contribution in [-0.4, -0.2) is 43.3 Å². The van der Waals surface area contributed by atoms with Crippen LogP contribution in [0.25, 0.3) is 11.0 Å². The van der Waals surface area contributed by atoms with Crippen molar-refractivity contribution in [1.29, 1.82) is 0 Å². The Morgan fingerprint density at radius 2 is 1.97 bits per heavy atom. The first-order chi connectivity index (χ1) is 13.8. The molecular formula is C21H25N3O4S. The molecule has 0 unspecified atom stereocenters. The van der Waals surface area contributed by atoms with Gasteiger partial charge in [-0.15, -0.1) is 0 Å². The van der Waals surface area contributed by atoms with Crippen LogP contribution in [0.4, 0.5) is 5.95 Å². The molecule has 0 aliphatic heterocycles. The average molecular weight is 416 g/mol. The number of nitrogens with one attached hydrogen (secondary N) is 1. The molecule has 7 nitrogen and oxygen atoms in total. The number of nitrogens with zero attached hydrogens (tertiary/aromatic N) is 2. The third-order valence-corrected chi connectivity index (χ3v) is 5.75. The summed E-state index contributed by atoms with van der Waals surface area (Å²) in [5.74, 6) is 0.0335. The molecular weight excluding hydrogens is 390 g/mol. The first kappa shape index (κ1) is 21.0. The summed E-state index contributed by atoms with van der Waals surface area (Å²) in [6.45, 7) is 5.63. The number of hydrogen-bond donors (Lipinski definition) is 1. The summed E-state index contributed by atoms with van der Waals surface area (Å²) in [6.07, 6.45) is 1.90. The summed E-state index contributed by atoms with van der Waals surface area (Å²) in [5, 5.41) is 2.85. The second-order valence-corrected chi connectivity index (χ2v) is 8.84. The molecule has 0 fully saturated rings. The standard InChI is InChI=1S/C21H25N3O4S/c1-4-28-13-7-12-24-19-9-6-5-8-18(19)22-21(24)23-20(25)17-14-16(29(3,26)27)11-10-15(17)2/h5-6,8-11,14H,4,7,12-13H2,1-3H3,(H,22,23,25). The maximum atomic E-state index is 12.9. The van der Waals surface area contributed by atoms with Crippen LogP contribution in [0.2, 0.25) is 0 Å². The Labute approximate surface area is 170 Å². The molecule has 154 valence electrons. The number of fused-ring (bicyclic) bond motifs is 1. The van der Waals surface area contributed by atoms with Gasteiger partial charge in [-0.1, -0.05) is 18.2 Å². The van der Waals surface area contributed by atoms with Crippen LogP contribution in [0.1, 0.15) is 29.3 Å². The molecule has 0 saturated heterocycles. The number of aryl methyl sites for hydroxylation is 2. The van der Waals surface area contributed by atoms with Crippen molar-refractivity contribution in [3.63, 3.8) is 0 Å². The SMILES string of the molecule is CCOCCCn1c(NC(=O)c2cc(S(C)(=O)=O)ccc2C)nc2ccccc21. The minimum absolute atomic E-state index is 0.110. The predicted molar refractivity (Wildman–Crippen MR) is 113 cm³/mol. The van der Waals surface area contributed by atoms with Gasteiger partial charge in [-0.3, -0.25) is 10.1 Å². The summed E-state index contributed by atoms with van der Waals surface area (Å²) >= 11 is 0. The number of imidazole rings is 1. The average Bonchev–Trinajstić information content (AvgIpc) is 3.01. The van der Waals surface area contributed by atoms with Gasteiger partial charge in [0.1, 0.15) is 0 Å². The Balaban J connectivity index is 1.92. The Kier molecular flexibility index (Phi) is 6.34. The summed E-state index contributed by atoms with van der Waals surface area (Å²) in [7, 11) is -3.41. The molecule has 1 aromatic heterocycles. The van der Waals surface area contributed by atoms with Crippen LogP contribution in [-0.2, 0) is 21.1 Å². The first-order valence-corrected chi connectivity index (χ1v) is 11.4. The zero-order chi connectivity index (χ0) is 21.0. The van der Waals surface area contributed by atoms with Crippen molar-refractivity contribution < 1.29 is 17.9 Å². The van der Waals surface area contributed by atoms with Crippen LogP contribution in [0.15, 0.2) is 47.4 Å². The molecule has 29 heavy (non-hydrogen) atoms. The van der Waals surface area contributed by atoms with E-state index in [0.29, 0.717) is 36.8 Å². The molecule has 0 saturated carbocycles. The van der Waals surface area contributed by atoms with E-state index in [1.807, 2.05) is 35.8 Å². The van der Waals surface area contributed by atoms with E-state index in [1.165, 1.54) is 12.1 Å². The zero-order valence-corrected chi connectivity index (χ0v) is 17.6. The van der Waals surface area contributed by atoms with Gasteiger partial charge in [0.25, 0.3) is 5.91 Å². The topological polar surface area (TPSA) is 90.3 Å². The normalized spacial score (nSPS) is 11.7. The van der Waals surface area contributed by atoms with E-state index in [1.54, 1.807) is 13.0 Å². The summed E-state index contributed by atoms with van der Waals surface area (Å²) in [4.78, 5) is 17.6. The molecule has 0 bridgehead atoms. The van der Waals surface area contributed by atoms with Crippen molar-refractivity contribution in [2.75, 3.05) is 24.8 Å². The van der Waals surface area contributed by atoms with Crippen molar-refractivity contribution in [1.82, 2.24) is 9.55 Å². The highest BCUT2D eigenvalue weighted by Crippen LogP contribution is 2.22. The third-order valence-electron chi connectivity index (χ3n) is 4.64. The lowest BCUT2D eigenvalue weighted by Gasteiger charge is -2.12. The van der Waals surface area contributed by atoms with Crippen LogP contribution in [0, 0.1) is 6.92 Å². The Morgan fingerprint density at radius 3 is 2.69 bits per heavy atom. The highest BCUT2D eigenvalue weighted by molar-refractivity contribution is 7.90. The molecule has 8 heteroatoms. The van der Waals surface area contributed by atoms with Crippen molar-refractivity contribution in [2.45, 2.75) is 31.7 Å². The van der Waals surface area contributed by atoms with E-state index in [4.69, 9.17) is 4.74 Å². The van der Waals surface area contributed by atoms with E-state index in [-0.39, 0.29) is 4.90 Å². The molecule has 0 atom stereocenters. The largest absolute Gasteiger partial charge is 0.382 e. The van der Waals surface area contributed by atoms with Crippen LogP contribution >= 0.6 is 0 Å². The number of carbonyl (C=O) groups excluding carboxylic acids is 1. The lowest BCUT2D eigenvalue weighted by atomic mass is 10.1. The quantitative estimate of drug-likeness (QED) is 0.569. The number of sulfone groups is 1. The van der Waals surface area contributed by atoms with E-state index < -0.39 is 15.7 Å². The lowest BCUT2D eigenvalue weighted by Crippen LogP contribution is -2.18. The maximum absolute atomic E-state index is 12.9. The third kappa shape index (κ3) is 4.83. The number of hydrogen-bond acceptors (Lipinski definition) is 5. The highest BCUT2D eigenvalue weighted by Gasteiger charge is 2.18. The van der Waals surface area contributed by atoms with Gasteiger partial charge in [0.2, 0.25) is 5.95 Å². The Hall–Kier alpha value is -2.71. The second-order valence-electron chi connectivity index (χ2n) is 6.83. The molecule has 1 amide bonds. The van der Waals surface area contributed by atoms with E-state index >= 15 is 0 Å². The molecule has 1 heterocycles. The molecule has 3 rings (SSSR count). The van der Waals surface area contributed by atoms with Crippen LogP contribution in [0.3, 0.4) is 0 Å². The van der Waals surface area contributed by atoms with E-state index in [9.17, 15) is 13.2 Å². The van der Waals surface area contributed by atoms with Crippen molar-refractivity contribution >= 4 is 32.7 Å². The van der Waals surface area contributed by atoms with Crippen molar-refractivity contribution in [2.24, 2.45) is 0 Å². The first-order valence-electron chi connectivity index (χ1n) is 9.46. The molecule has 0 radical (unpaired) electrons. The number of aromatic nitrogens is 2. The minimum atomic E-state index is -3.41. The smallest absolute Gasteiger partial charge is 0.258 e. The molecule has 0 aliphatic carbocycles. The number of ether oxygens (including phenoxy) is 1. The van der Waals surface area contributed by atoms with Gasteiger partial charge in [-0.05, 0) is 50.1 Å². The number of carbonyl (C=O) groups is 1. The van der Waals surface area contributed by atoms with Crippen molar-refractivity contribution in [3.05, 3.63) is 53.6 Å². The maximum Gasteiger partial charge on any atom is 0.258 e. The number of para-hydroxylation sites is 2. The Bertz CT molecular complexity index is 1140. The monoisotopic (exact) mass is 415 g/mol. The van der Waals surface area contributed by atoms with Gasteiger partial charge >= 0.3 is 0 Å². The fraction of sp³-hybridized carbons (Fsp3) is 0.333. The lowest BCUT2D eigenvalue weighted by molar-refractivity contribution is 0.102. The van der Waals surface area contributed by atoms with Gasteiger partial charge in [0, 0.05) is 31.6 Å². The van der Waals surface area contributed by atoms with Crippen molar-refractivity contribution in [3.8, 4) is 0 Å². The van der Waals surface area contributed by atoms with Crippen LogP contribution in [0.5, 0.6) is 0 Å². The van der Waals surface area contributed by atoms with Gasteiger partial charge < -0.3 is 9.30 Å². The van der Waals surface area contributed by atoms with Gasteiger partial charge in [0.15, 0.2) is 9.84 Å². The fourth-order valence-electron chi connectivity index (χ4n) is 3.11. The molecule has 3 aromatic rings. The Morgan fingerprint density at radius 1 is 1.21 bits per heavy atom. The molecule has 2 aromatic carbocycles. The van der Waals surface area contributed by atoms with E-state index in [2.05, 4.69) is 10.3 Å². The summed E-state index contributed by atoms with van der Waals surface area (Å²) in [6, 6.07) is 12.2. The molecule has 0 spiro atoms. The minimum Gasteiger partial charge on any atom is -0.382 e. The number of benzene rings is 2. The van der Waals surface area contributed by atoms with Crippen LogP contribution < -0.4 is 5.32 Å². The molecule has 0 aliphatic rings. The van der Waals surface area contributed by atoms with E-state index in [0.717, 1.165) is 23.7 Å². The fourth-order valence-corrected chi connectivity index (χ4v) is 3.76. The summed E-state index contributed by atoms with van der Waals surface area (Å²) < 4.78 is 31.1. The van der Waals surface area contributed by atoms with Gasteiger partial charge in [-0.25, -0.2) is 13.4 Å². The number of amides is 1. The number of rotatable bonds is 8. The highest BCUT2D eigenvalue weighted by atomic mass is 32.2. The molecule has 1 N–H and O–H groups in total. The predicted octanol–water partition coefficient (Wildman–Crippen LogP) is 3.43. The second kappa shape index (κ2) is 8.75. The van der Waals surface area contributed by atoms with Gasteiger partial charge in [0.05, 0.1) is 15.9 Å². The number of anilines is 1. The summed E-state index contributed by atoms with van der Waals surface area (Å²) in [5.41, 5.74) is 2.69. The zero-order valence-electron chi connectivity index (χ0n) is 16.8. The van der Waals surface area contributed by atoms with Gasteiger partial charge in [-0.2, -0.15) is 0 Å².